The molecule has 1 aliphatic heterocycles. The number of hydrogen-bond acceptors (Lipinski definition) is 4. The van der Waals surface area contributed by atoms with E-state index in [0.29, 0.717) is 6.04 Å². The van der Waals surface area contributed by atoms with Crippen LogP contribution in [0.4, 0.5) is 0 Å². The summed E-state index contributed by atoms with van der Waals surface area (Å²) in [7, 11) is 0. The van der Waals surface area contributed by atoms with E-state index in [4.69, 9.17) is 0 Å². The largest absolute Gasteiger partial charge is 0.301 e. The fraction of sp³-hybridized carbons (Fsp3) is 0.750. The molecule has 0 N–H and O–H groups in total. The minimum atomic E-state index is 0.584. The van der Waals surface area contributed by atoms with E-state index in [9.17, 15) is 0 Å². The molecule has 0 radical (unpaired) electrons. The Morgan fingerprint density at radius 1 is 0.679 bits per heavy atom. The van der Waals surface area contributed by atoms with Crippen LogP contribution in [0.25, 0.3) is 0 Å². The lowest BCUT2D eigenvalue weighted by atomic mass is 10.0. The molecule has 0 amide bonds. The Kier molecular flexibility index (Phi) is 10.5. The number of likely N-dealkylation sites (N-methyl/N-ethyl adjacent to an activating group) is 4. The molecule has 1 aromatic carbocycles. The lowest BCUT2D eigenvalue weighted by Crippen LogP contribution is -2.50. The molecule has 0 aromatic heterocycles. The van der Waals surface area contributed by atoms with E-state index < -0.39 is 0 Å². The molecule has 1 aliphatic rings. The summed E-state index contributed by atoms with van der Waals surface area (Å²) in [4.78, 5) is 10.7. The van der Waals surface area contributed by atoms with Gasteiger partial charge < -0.3 is 14.7 Å². The van der Waals surface area contributed by atoms with Crippen molar-refractivity contribution in [1.82, 2.24) is 19.6 Å². The van der Waals surface area contributed by atoms with Crippen molar-refractivity contribution in [2.45, 2.75) is 47.1 Å². The first-order valence-electron chi connectivity index (χ1n) is 11.6. The molecule has 0 spiro atoms. The third kappa shape index (κ3) is 7.47. The Morgan fingerprint density at radius 2 is 1.18 bits per heavy atom. The molecule has 4 nitrogen and oxygen atoms in total. The van der Waals surface area contributed by atoms with Crippen molar-refractivity contribution >= 4 is 0 Å². The molecule has 2 rings (SSSR count). The molecule has 0 aliphatic carbocycles. The second kappa shape index (κ2) is 12.6. The molecule has 1 aromatic rings. The SMILES string of the molecule is CCN1CCN(CC)CCN(CC)C(Cc2ccc(C)cc2)CN(CC)CC1. The third-order valence-electron chi connectivity index (χ3n) is 6.49. The zero-order valence-electron chi connectivity index (χ0n) is 19.2. The van der Waals surface area contributed by atoms with Gasteiger partial charge in [0, 0.05) is 51.9 Å². The number of benzene rings is 1. The van der Waals surface area contributed by atoms with Gasteiger partial charge in [-0.1, -0.05) is 57.5 Å². The van der Waals surface area contributed by atoms with E-state index in [2.05, 4.69) is 78.5 Å². The first-order valence-corrected chi connectivity index (χ1v) is 11.6. The smallest absolute Gasteiger partial charge is 0.0263 e. The van der Waals surface area contributed by atoms with E-state index in [1.165, 1.54) is 56.9 Å². The summed E-state index contributed by atoms with van der Waals surface area (Å²) in [6, 6.07) is 9.76. The maximum absolute atomic E-state index is 2.73. The van der Waals surface area contributed by atoms with Crippen LogP contribution in [0.15, 0.2) is 24.3 Å². The molecule has 1 atom stereocenters. The number of aryl methyl sites for hydroxylation is 1. The van der Waals surface area contributed by atoms with Crippen LogP contribution in [-0.4, -0.2) is 97.6 Å². The van der Waals surface area contributed by atoms with Crippen molar-refractivity contribution in [3.63, 3.8) is 0 Å². The molecule has 1 heterocycles. The maximum Gasteiger partial charge on any atom is 0.0263 e. The van der Waals surface area contributed by atoms with Crippen LogP contribution in [0.5, 0.6) is 0 Å². The van der Waals surface area contributed by atoms with Crippen molar-refractivity contribution in [2.75, 3.05) is 72.0 Å². The van der Waals surface area contributed by atoms with Gasteiger partial charge in [-0.3, -0.25) is 4.90 Å². The van der Waals surface area contributed by atoms with Crippen LogP contribution in [0.2, 0.25) is 0 Å². The second-order valence-corrected chi connectivity index (χ2v) is 8.23. The Bertz CT molecular complexity index is 530. The third-order valence-corrected chi connectivity index (χ3v) is 6.49. The molecule has 1 saturated heterocycles. The highest BCUT2D eigenvalue weighted by Crippen LogP contribution is 2.13. The molecule has 1 fully saturated rings. The van der Waals surface area contributed by atoms with E-state index in [-0.39, 0.29) is 0 Å². The number of hydrogen-bond donors (Lipinski definition) is 0. The first kappa shape index (κ1) is 23.3. The topological polar surface area (TPSA) is 13.0 Å². The molecule has 4 heteroatoms. The normalized spacial score (nSPS) is 22.7. The van der Waals surface area contributed by atoms with Gasteiger partial charge in [-0.25, -0.2) is 0 Å². The summed E-state index contributed by atoms with van der Waals surface area (Å²) in [6.07, 6.45) is 1.15. The van der Waals surface area contributed by atoms with Crippen molar-refractivity contribution in [2.24, 2.45) is 0 Å². The summed E-state index contributed by atoms with van der Waals surface area (Å²) in [6.45, 7) is 24.3. The first-order chi connectivity index (χ1) is 13.6. The Labute approximate surface area is 174 Å². The van der Waals surface area contributed by atoms with Crippen LogP contribution in [0.3, 0.4) is 0 Å². The summed E-state index contributed by atoms with van der Waals surface area (Å²) in [5.74, 6) is 0. The van der Waals surface area contributed by atoms with Crippen LogP contribution >= 0.6 is 0 Å². The number of nitrogens with zero attached hydrogens (tertiary/aromatic N) is 4. The van der Waals surface area contributed by atoms with Crippen LogP contribution in [-0.2, 0) is 6.42 Å². The average molecular weight is 389 g/mol. The van der Waals surface area contributed by atoms with Crippen molar-refractivity contribution in [1.29, 1.82) is 0 Å². The zero-order valence-corrected chi connectivity index (χ0v) is 19.2. The lowest BCUT2D eigenvalue weighted by molar-refractivity contribution is 0.105. The minimum absolute atomic E-state index is 0.584. The molecular weight excluding hydrogens is 344 g/mol. The summed E-state index contributed by atoms with van der Waals surface area (Å²) >= 11 is 0. The van der Waals surface area contributed by atoms with Crippen molar-refractivity contribution < 1.29 is 0 Å². The zero-order chi connectivity index (χ0) is 20.4. The number of rotatable bonds is 6. The van der Waals surface area contributed by atoms with Gasteiger partial charge >= 0.3 is 0 Å². The maximum atomic E-state index is 2.73. The van der Waals surface area contributed by atoms with E-state index in [0.717, 1.165) is 32.6 Å². The van der Waals surface area contributed by atoms with Gasteiger partial charge in [0.2, 0.25) is 0 Å². The van der Waals surface area contributed by atoms with Gasteiger partial charge in [0.25, 0.3) is 0 Å². The van der Waals surface area contributed by atoms with Gasteiger partial charge in [-0.2, -0.15) is 0 Å². The van der Waals surface area contributed by atoms with Crippen LogP contribution in [0, 0.1) is 6.92 Å². The highest BCUT2D eigenvalue weighted by atomic mass is 15.3. The molecule has 28 heavy (non-hydrogen) atoms. The molecule has 1 unspecified atom stereocenters. The molecule has 0 saturated carbocycles. The average Bonchev–Trinajstić information content (AvgIpc) is 2.71. The summed E-state index contributed by atoms with van der Waals surface area (Å²) < 4.78 is 0. The quantitative estimate of drug-likeness (QED) is 0.742. The minimum Gasteiger partial charge on any atom is -0.301 e. The molecule has 160 valence electrons. The summed E-state index contributed by atoms with van der Waals surface area (Å²) in [5, 5.41) is 0. The van der Waals surface area contributed by atoms with Gasteiger partial charge in [-0.15, -0.1) is 0 Å². The predicted molar refractivity (Wildman–Crippen MR) is 122 cm³/mol. The van der Waals surface area contributed by atoms with Crippen molar-refractivity contribution in [3.05, 3.63) is 35.4 Å². The van der Waals surface area contributed by atoms with E-state index >= 15 is 0 Å². The van der Waals surface area contributed by atoms with E-state index in [1.54, 1.807) is 0 Å². The molecular formula is C24H44N4. The fourth-order valence-corrected chi connectivity index (χ4v) is 4.27. The summed E-state index contributed by atoms with van der Waals surface area (Å²) in [5.41, 5.74) is 2.82. The standard InChI is InChI=1S/C24H44N4/c1-6-25-14-15-26(7-2)18-19-28(9-4)24(21-27(8-3)17-16-25)20-23-12-10-22(5)11-13-23/h10-13,24H,6-9,14-21H2,1-5H3. The molecule has 0 bridgehead atoms. The van der Waals surface area contributed by atoms with Crippen LogP contribution in [0.1, 0.15) is 38.8 Å². The van der Waals surface area contributed by atoms with E-state index in [1.807, 2.05) is 0 Å². The lowest BCUT2D eigenvalue weighted by Gasteiger charge is -2.38. The Morgan fingerprint density at radius 3 is 1.68 bits per heavy atom. The van der Waals surface area contributed by atoms with Crippen molar-refractivity contribution in [3.8, 4) is 0 Å². The monoisotopic (exact) mass is 388 g/mol. The van der Waals surface area contributed by atoms with Gasteiger partial charge in [-0.05, 0) is 45.1 Å². The fourth-order valence-electron chi connectivity index (χ4n) is 4.27. The van der Waals surface area contributed by atoms with Gasteiger partial charge in [0.1, 0.15) is 0 Å². The Hall–Kier alpha value is -0.940. The highest BCUT2D eigenvalue weighted by Gasteiger charge is 2.22. The highest BCUT2D eigenvalue weighted by molar-refractivity contribution is 5.22. The van der Waals surface area contributed by atoms with Gasteiger partial charge in [0.05, 0.1) is 0 Å². The predicted octanol–water partition coefficient (Wildman–Crippen LogP) is 3.21. The Balaban J connectivity index is 2.17. The van der Waals surface area contributed by atoms with Crippen LogP contribution < -0.4 is 0 Å². The van der Waals surface area contributed by atoms with Gasteiger partial charge in [0.15, 0.2) is 0 Å². The second-order valence-electron chi connectivity index (χ2n) is 8.23.